The molecule has 0 fully saturated rings. The number of phenols is 1. The van der Waals surface area contributed by atoms with Gasteiger partial charge in [0.2, 0.25) is 0 Å². The Kier molecular flexibility index (Phi) is 3.81. The average molecular weight is 252 g/mol. The number of ketones is 1. The molecule has 2 rings (SSSR count). The largest absolute Gasteiger partial charge is 0.507 e. The molecule has 0 saturated carbocycles. The lowest BCUT2D eigenvalue weighted by molar-refractivity contribution is 0.104. The molecule has 1 N–H and O–H groups in total. The second kappa shape index (κ2) is 5.53. The van der Waals surface area contributed by atoms with Crippen LogP contribution in [0.25, 0.3) is 6.08 Å². The molecule has 0 unspecified atom stereocenters. The van der Waals surface area contributed by atoms with E-state index in [0.717, 1.165) is 16.7 Å². The number of aryl methyl sites for hydroxylation is 2. The van der Waals surface area contributed by atoms with E-state index in [0.29, 0.717) is 11.3 Å². The molecule has 0 amide bonds. The Hall–Kier alpha value is -2.35. The molecule has 0 atom stereocenters. The van der Waals surface area contributed by atoms with Crippen LogP contribution in [0.3, 0.4) is 0 Å². The molecule has 0 spiro atoms. The summed E-state index contributed by atoms with van der Waals surface area (Å²) in [5, 5.41) is 9.70. The highest BCUT2D eigenvalue weighted by atomic mass is 16.3. The molecule has 0 radical (unpaired) electrons. The maximum atomic E-state index is 11.9. The first-order valence-corrected chi connectivity index (χ1v) is 6.15. The van der Waals surface area contributed by atoms with Crippen LogP contribution in [0.5, 0.6) is 5.75 Å². The number of benzene rings is 2. The number of allylic oxidation sites excluding steroid dienone is 1. The average Bonchev–Trinajstić information content (AvgIpc) is 2.43. The lowest BCUT2D eigenvalue weighted by Gasteiger charge is -2.04. The van der Waals surface area contributed by atoms with E-state index in [4.69, 9.17) is 0 Å². The summed E-state index contributed by atoms with van der Waals surface area (Å²) in [5.41, 5.74) is 3.21. The van der Waals surface area contributed by atoms with Gasteiger partial charge in [-0.1, -0.05) is 36.4 Å². The molecular weight excluding hydrogens is 236 g/mol. The SMILES string of the molecule is Cc1cc(/C=C/C(=O)c2ccccc2)cc(C)c1O. The Labute approximate surface area is 113 Å². The highest BCUT2D eigenvalue weighted by molar-refractivity contribution is 6.06. The zero-order valence-corrected chi connectivity index (χ0v) is 11.1. The number of hydrogen-bond donors (Lipinski definition) is 1. The quantitative estimate of drug-likeness (QED) is 0.664. The highest BCUT2D eigenvalue weighted by Crippen LogP contribution is 2.23. The third-order valence-electron chi connectivity index (χ3n) is 3.00. The van der Waals surface area contributed by atoms with Crippen molar-refractivity contribution in [2.24, 2.45) is 0 Å². The first-order valence-electron chi connectivity index (χ1n) is 6.15. The van der Waals surface area contributed by atoms with E-state index < -0.39 is 0 Å². The predicted molar refractivity (Wildman–Crippen MR) is 77.4 cm³/mol. The number of aromatic hydroxyl groups is 1. The van der Waals surface area contributed by atoms with Gasteiger partial charge >= 0.3 is 0 Å². The molecule has 19 heavy (non-hydrogen) atoms. The third-order valence-corrected chi connectivity index (χ3v) is 3.00. The second-order valence-electron chi connectivity index (χ2n) is 4.57. The Morgan fingerprint density at radius 3 is 2.21 bits per heavy atom. The minimum atomic E-state index is -0.0241. The fourth-order valence-electron chi connectivity index (χ4n) is 1.96. The van der Waals surface area contributed by atoms with Gasteiger partial charge in [0.25, 0.3) is 0 Å². The molecular formula is C17H16O2. The van der Waals surface area contributed by atoms with E-state index in [1.807, 2.05) is 44.2 Å². The first-order chi connectivity index (χ1) is 9.08. The van der Waals surface area contributed by atoms with Gasteiger partial charge in [0.05, 0.1) is 0 Å². The molecule has 0 aliphatic heterocycles. The van der Waals surface area contributed by atoms with Crippen molar-refractivity contribution < 1.29 is 9.90 Å². The van der Waals surface area contributed by atoms with Gasteiger partial charge in [0, 0.05) is 5.56 Å². The van der Waals surface area contributed by atoms with Gasteiger partial charge < -0.3 is 5.11 Å². The predicted octanol–water partition coefficient (Wildman–Crippen LogP) is 3.91. The van der Waals surface area contributed by atoms with Gasteiger partial charge in [-0.25, -0.2) is 0 Å². The molecule has 0 heterocycles. The van der Waals surface area contributed by atoms with Crippen molar-refractivity contribution in [1.29, 1.82) is 0 Å². The highest BCUT2D eigenvalue weighted by Gasteiger charge is 2.03. The first kappa shape index (κ1) is 13.1. The smallest absolute Gasteiger partial charge is 0.185 e. The number of phenolic OH excluding ortho intramolecular Hbond substituents is 1. The van der Waals surface area contributed by atoms with Crippen LogP contribution in [0, 0.1) is 13.8 Å². The van der Waals surface area contributed by atoms with Gasteiger partial charge in [-0.2, -0.15) is 0 Å². The molecule has 2 heteroatoms. The fourth-order valence-corrected chi connectivity index (χ4v) is 1.96. The minimum Gasteiger partial charge on any atom is -0.507 e. The fraction of sp³-hybridized carbons (Fsp3) is 0.118. The summed E-state index contributed by atoms with van der Waals surface area (Å²) >= 11 is 0. The Bertz CT molecular complexity index is 602. The molecule has 0 bridgehead atoms. The van der Waals surface area contributed by atoms with Crippen LogP contribution >= 0.6 is 0 Å². The van der Waals surface area contributed by atoms with Crippen molar-refractivity contribution in [3.63, 3.8) is 0 Å². The van der Waals surface area contributed by atoms with Crippen LogP contribution in [0.2, 0.25) is 0 Å². The molecule has 0 aliphatic rings. The van der Waals surface area contributed by atoms with E-state index in [1.165, 1.54) is 0 Å². The van der Waals surface area contributed by atoms with Crippen LogP contribution in [-0.2, 0) is 0 Å². The van der Waals surface area contributed by atoms with E-state index in [9.17, 15) is 9.90 Å². The van der Waals surface area contributed by atoms with Crippen LogP contribution in [-0.4, -0.2) is 10.9 Å². The number of carbonyl (C=O) groups excluding carboxylic acids is 1. The van der Waals surface area contributed by atoms with Gasteiger partial charge in [0.1, 0.15) is 5.75 Å². The van der Waals surface area contributed by atoms with Crippen LogP contribution in [0.1, 0.15) is 27.0 Å². The van der Waals surface area contributed by atoms with E-state index in [2.05, 4.69) is 0 Å². The Morgan fingerprint density at radius 2 is 1.63 bits per heavy atom. The normalized spacial score (nSPS) is 10.8. The summed E-state index contributed by atoms with van der Waals surface area (Å²) < 4.78 is 0. The Morgan fingerprint density at radius 1 is 1.05 bits per heavy atom. The van der Waals surface area contributed by atoms with Crippen LogP contribution < -0.4 is 0 Å². The number of rotatable bonds is 3. The Balaban J connectivity index is 2.22. The minimum absolute atomic E-state index is 0.0241. The van der Waals surface area contributed by atoms with E-state index in [-0.39, 0.29) is 5.78 Å². The van der Waals surface area contributed by atoms with Crippen molar-refractivity contribution in [2.45, 2.75) is 13.8 Å². The van der Waals surface area contributed by atoms with E-state index >= 15 is 0 Å². The van der Waals surface area contributed by atoms with Gasteiger partial charge in [-0.15, -0.1) is 0 Å². The lowest BCUT2D eigenvalue weighted by atomic mass is 10.0. The van der Waals surface area contributed by atoms with Crippen LogP contribution in [0.4, 0.5) is 0 Å². The summed E-state index contributed by atoms with van der Waals surface area (Å²) in [5.74, 6) is 0.288. The van der Waals surface area contributed by atoms with Gasteiger partial charge in [-0.3, -0.25) is 4.79 Å². The standard InChI is InChI=1S/C17H16O2/c1-12-10-14(11-13(2)17(12)19)8-9-16(18)15-6-4-3-5-7-15/h3-11,19H,1-2H3/b9-8+. The molecule has 0 aliphatic carbocycles. The summed E-state index contributed by atoms with van der Waals surface area (Å²) in [6.45, 7) is 3.69. The summed E-state index contributed by atoms with van der Waals surface area (Å²) in [7, 11) is 0. The van der Waals surface area contributed by atoms with Crippen molar-refractivity contribution in [3.05, 3.63) is 70.8 Å². The molecule has 96 valence electrons. The summed E-state index contributed by atoms with van der Waals surface area (Å²) in [6, 6.07) is 12.9. The van der Waals surface area contributed by atoms with Crippen molar-refractivity contribution >= 4 is 11.9 Å². The van der Waals surface area contributed by atoms with Crippen LogP contribution in [0.15, 0.2) is 48.5 Å². The maximum absolute atomic E-state index is 11.9. The summed E-state index contributed by atoms with van der Waals surface area (Å²) in [6.07, 6.45) is 3.33. The molecule has 2 aromatic rings. The number of carbonyl (C=O) groups is 1. The zero-order chi connectivity index (χ0) is 13.8. The zero-order valence-electron chi connectivity index (χ0n) is 11.1. The molecule has 2 nitrogen and oxygen atoms in total. The maximum Gasteiger partial charge on any atom is 0.185 e. The van der Waals surface area contributed by atoms with Crippen molar-refractivity contribution in [3.8, 4) is 5.75 Å². The topological polar surface area (TPSA) is 37.3 Å². The molecule has 2 aromatic carbocycles. The molecule has 0 saturated heterocycles. The van der Waals surface area contributed by atoms with Crippen molar-refractivity contribution in [1.82, 2.24) is 0 Å². The monoisotopic (exact) mass is 252 g/mol. The third kappa shape index (κ3) is 3.10. The summed E-state index contributed by atoms with van der Waals surface area (Å²) in [4.78, 5) is 11.9. The number of hydrogen-bond acceptors (Lipinski definition) is 2. The van der Waals surface area contributed by atoms with Gasteiger partial charge in [0.15, 0.2) is 5.78 Å². The molecule has 0 aromatic heterocycles. The lowest BCUT2D eigenvalue weighted by Crippen LogP contribution is -1.93. The van der Waals surface area contributed by atoms with Crippen molar-refractivity contribution in [2.75, 3.05) is 0 Å². The van der Waals surface area contributed by atoms with E-state index in [1.54, 1.807) is 24.3 Å². The second-order valence-corrected chi connectivity index (χ2v) is 4.57. The van der Waals surface area contributed by atoms with Gasteiger partial charge in [-0.05, 0) is 48.7 Å².